The first kappa shape index (κ1) is 50.4. The third kappa shape index (κ3) is 12.2. The SMILES string of the molecule is [C-]#[N+]CCOP(O[C@@H]1C(OCOCC(C(F)(F)F)C(F)(F)F)[C@H](n2ccc(=O)[nH]c2=O)O[C@@H]1COC(c1ccccc1)(c1ccc(C)cc1)c1ccc(OC)cc1)N(C(C)C)C(C)C. The predicted molar refractivity (Wildman–Crippen MR) is 224 cm³/mol. The lowest BCUT2D eigenvalue weighted by Crippen LogP contribution is -2.44. The summed E-state index contributed by atoms with van der Waals surface area (Å²) in [6, 6.07) is 24.7. The molecule has 6 atom stereocenters. The summed E-state index contributed by atoms with van der Waals surface area (Å²) in [6.45, 7) is 13.4. The highest BCUT2D eigenvalue weighted by atomic mass is 31.2. The van der Waals surface area contributed by atoms with Gasteiger partial charge in [0, 0.05) is 24.3 Å². The van der Waals surface area contributed by atoms with Crippen molar-refractivity contribution >= 4 is 8.53 Å². The van der Waals surface area contributed by atoms with Crippen LogP contribution in [0, 0.1) is 19.4 Å². The summed E-state index contributed by atoms with van der Waals surface area (Å²) in [6.07, 6.45) is -15.9. The number of aromatic amines is 1. The molecule has 0 amide bonds. The number of ether oxygens (including phenoxy) is 5. The van der Waals surface area contributed by atoms with E-state index in [1.807, 2.05) is 106 Å². The van der Waals surface area contributed by atoms with Crippen LogP contribution >= 0.6 is 8.53 Å². The number of hydrogen-bond donors (Lipinski definition) is 1. The van der Waals surface area contributed by atoms with E-state index in [0.717, 1.165) is 22.4 Å². The molecule has 64 heavy (non-hydrogen) atoms. The van der Waals surface area contributed by atoms with Crippen molar-refractivity contribution in [1.29, 1.82) is 0 Å². The van der Waals surface area contributed by atoms with Crippen LogP contribution in [0.3, 0.4) is 0 Å². The first-order valence-corrected chi connectivity index (χ1v) is 21.4. The second-order valence-electron chi connectivity index (χ2n) is 15.4. The van der Waals surface area contributed by atoms with Gasteiger partial charge in [-0.1, -0.05) is 72.3 Å². The van der Waals surface area contributed by atoms with Crippen LogP contribution in [0.15, 0.2) is 101 Å². The van der Waals surface area contributed by atoms with Gasteiger partial charge in [-0.25, -0.2) is 16.0 Å². The summed E-state index contributed by atoms with van der Waals surface area (Å²) < 4.78 is 127. The topological polar surface area (TPSA) is 127 Å². The molecule has 2 heterocycles. The standard InChI is InChI=1S/C44H51F6N4O9P/c1-28(2)54(29(3)4)64(61-24-22-51-6)63-38-35(62-40(53-23-21-37(55)52-41(53)56)39(38)59-27-58-26-36(43(45,46)47)44(48,49)50)25-60-42(31-11-9-8-10-12-31,32-15-13-30(5)14-16-32)33-17-19-34(57-7)20-18-33/h8-21,23,28-29,35-36,38-40H,22,24-27H2,1-5,7H3,(H,52,55,56)/t35-,38+,39?,40-,42?,64?/m1/s1. The molecule has 1 saturated heterocycles. The highest BCUT2D eigenvalue weighted by molar-refractivity contribution is 7.44. The molecule has 4 aromatic rings. The summed E-state index contributed by atoms with van der Waals surface area (Å²) in [7, 11) is -0.608. The minimum absolute atomic E-state index is 0.0410. The number of aryl methyl sites for hydroxylation is 1. The maximum Gasteiger partial charge on any atom is 0.402 e. The van der Waals surface area contributed by atoms with Crippen molar-refractivity contribution in [3.05, 3.63) is 146 Å². The van der Waals surface area contributed by atoms with Crippen molar-refractivity contribution in [2.24, 2.45) is 5.92 Å². The van der Waals surface area contributed by atoms with E-state index < -0.39 is 81.6 Å². The maximum absolute atomic E-state index is 13.5. The molecule has 20 heteroatoms. The molecule has 1 N–H and O–H groups in total. The van der Waals surface area contributed by atoms with E-state index in [2.05, 4.69) is 9.83 Å². The van der Waals surface area contributed by atoms with Gasteiger partial charge in [-0.2, -0.15) is 26.3 Å². The number of nitrogens with zero attached hydrogens (tertiary/aromatic N) is 3. The van der Waals surface area contributed by atoms with E-state index in [9.17, 15) is 35.9 Å². The number of halogens is 6. The molecule has 348 valence electrons. The molecule has 1 fully saturated rings. The molecule has 1 aliphatic rings. The minimum atomic E-state index is -5.68. The van der Waals surface area contributed by atoms with Gasteiger partial charge in [-0.05, 0) is 63.4 Å². The second kappa shape index (κ2) is 22.0. The van der Waals surface area contributed by atoms with Gasteiger partial charge in [0.1, 0.15) is 43.1 Å². The van der Waals surface area contributed by atoms with Crippen molar-refractivity contribution in [3.63, 3.8) is 0 Å². The maximum atomic E-state index is 13.5. The molecule has 1 aromatic heterocycles. The summed E-state index contributed by atoms with van der Waals surface area (Å²) >= 11 is 0. The van der Waals surface area contributed by atoms with Gasteiger partial charge in [0.2, 0.25) is 6.54 Å². The lowest BCUT2D eigenvalue weighted by molar-refractivity contribution is -0.299. The van der Waals surface area contributed by atoms with Crippen LogP contribution in [0.1, 0.15) is 56.2 Å². The monoisotopic (exact) mass is 924 g/mol. The molecule has 3 aromatic carbocycles. The summed E-state index contributed by atoms with van der Waals surface area (Å²) in [4.78, 5) is 31.2. The molecular weight excluding hydrogens is 873 g/mol. The Kier molecular flexibility index (Phi) is 17.3. The van der Waals surface area contributed by atoms with Crippen molar-refractivity contribution < 1.29 is 59.1 Å². The zero-order chi connectivity index (χ0) is 46.8. The normalized spacial score (nSPS) is 19.6. The predicted octanol–water partition coefficient (Wildman–Crippen LogP) is 8.53. The molecule has 0 saturated carbocycles. The van der Waals surface area contributed by atoms with Crippen LogP contribution < -0.4 is 16.0 Å². The van der Waals surface area contributed by atoms with Gasteiger partial charge < -0.3 is 37.6 Å². The average molecular weight is 925 g/mol. The highest BCUT2D eigenvalue weighted by Crippen LogP contribution is 2.51. The average Bonchev–Trinajstić information content (AvgIpc) is 3.56. The number of hydrogen-bond acceptors (Lipinski definition) is 10. The van der Waals surface area contributed by atoms with Crippen LogP contribution in [0.2, 0.25) is 0 Å². The number of alkyl halides is 6. The molecule has 13 nitrogen and oxygen atoms in total. The van der Waals surface area contributed by atoms with Crippen molar-refractivity contribution in [2.75, 3.05) is 40.3 Å². The molecule has 3 unspecified atom stereocenters. The van der Waals surface area contributed by atoms with Crippen molar-refractivity contribution in [2.45, 2.75) is 89.2 Å². The Bertz CT molecular complexity index is 2220. The summed E-state index contributed by atoms with van der Waals surface area (Å²) in [5.74, 6) is -3.25. The molecule has 5 rings (SSSR count). The Hall–Kier alpha value is -4.64. The first-order chi connectivity index (χ1) is 30.3. The number of nitrogens with one attached hydrogen (secondary N) is 1. The molecule has 0 aliphatic carbocycles. The Morgan fingerprint density at radius 3 is 2.00 bits per heavy atom. The van der Waals surface area contributed by atoms with Crippen LogP contribution in [0.4, 0.5) is 26.3 Å². The van der Waals surface area contributed by atoms with Crippen LogP contribution in [0.5, 0.6) is 5.75 Å². The second-order valence-corrected chi connectivity index (χ2v) is 16.8. The lowest BCUT2D eigenvalue weighted by atomic mass is 9.79. The van der Waals surface area contributed by atoms with E-state index in [1.165, 1.54) is 7.11 Å². The Morgan fingerprint density at radius 1 is 0.859 bits per heavy atom. The van der Waals surface area contributed by atoms with E-state index in [-0.39, 0.29) is 31.8 Å². The van der Waals surface area contributed by atoms with E-state index in [1.54, 1.807) is 12.1 Å². The fourth-order valence-corrected chi connectivity index (χ4v) is 9.06. The highest BCUT2D eigenvalue weighted by Gasteiger charge is 2.57. The third-order valence-corrected chi connectivity index (χ3v) is 12.4. The molecule has 0 radical (unpaired) electrons. The van der Waals surface area contributed by atoms with Crippen molar-refractivity contribution in [1.82, 2.24) is 14.2 Å². The molecular formula is C44H51F6N4O9P. The number of aromatic nitrogens is 2. The lowest BCUT2D eigenvalue weighted by Gasteiger charge is -2.39. The fraction of sp³-hybridized carbons (Fsp3) is 0.477. The van der Waals surface area contributed by atoms with Gasteiger partial charge in [0.05, 0.1) is 20.3 Å². The van der Waals surface area contributed by atoms with Crippen LogP contribution in [0.25, 0.3) is 4.85 Å². The molecule has 0 spiro atoms. The first-order valence-electron chi connectivity index (χ1n) is 20.2. The summed E-state index contributed by atoms with van der Waals surface area (Å²) in [5.41, 5.74) is -0.109. The fourth-order valence-electron chi connectivity index (χ4n) is 7.30. The van der Waals surface area contributed by atoms with Gasteiger partial charge in [0.15, 0.2) is 12.1 Å². The number of methoxy groups -OCH3 is 1. The molecule has 0 bridgehead atoms. The van der Waals surface area contributed by atoms with Crippen molar-refractivity contribution in [3.8, 4) is 5.75 Å². The molecule has 1 aliphatic heterocycles. The van der Waals surface area contributed by atoms with E-state index >= 15 is 0 Å². The number of H-pyrrole nitrogens is 1. The quantitative estimate of drug-likeness (QED) is 0.0217. The van der Waals surface area contributed by atoms with Gasteiger partial charge in [-0.3, -0.25) is 14.3 Å². The largest absolute Gasteiger partial charge is 0.497 e. The van der Waals surface area contributed by atoms with Gasteiger partial charge >= 0.3 is 18.0 Å². The van der Waals surface area contributed by atoms with Crippen LogP contribution in [-0.2, 0) is 33.6 Å². The van der Waals surface area contributed by atoms with E-state index in [4.69, 9.17) is 39.3 Å². The number of rotatable bonds is 21. The zero-order valence-electron chi connectivity index (χ0n) is 36.0. The Morgan fingerprint density at radius 2 is 1.45 bits per heavy atom. The smallest absolute Gasteiger partial charge is 0.402 e. The van der Waals surface area contributed by atoms with E-state index in [0.29, 0.717) is 22.4 Å². The number of benzene rings is 3. The van der Waals surface area contributed by atoms with Crippen LogP contribution in [-0.4, -0.2) is 97.2 Å². The Balaban J connectivity index is 1.66. The van der Waals surface area contributed by atoms with Gasteiger partial charge in [0.25, 0.3) is 14.1 Å². The Labute approximate surface area is 367 Å². The van der Waals surface area contributed by atoms with Gasteiger partial charge in [-0.15, -0.1) is 0 Å². The zero-order valence-corrected chi connectivity index (χ0v) is 36.9. The third-order valence-electron chi connectivity index (χ3n) is 10.3. The summed E-state index contributed by atoms with van der Waals surface area (Å²) in [5, 5.41) is 0. The minimum Gasteiger partial charge on any atom is -0.497 e.